The van der Waals surface area contributed by atoms with Crippen LogP contribution in [-0.4, -0.2) is 0 Å². The van der Waals surface area contributed by atoms with Gasteiger partial charge in [-0.15, -0.1) is 0 Å². The quantitative estimate of drug-likeness (QED) is 0.539. The van der Waals surface area contributed by atoms with Crippen molar-refractivity contribution in [2.24, 2.45) is 0 Å². The summed E-state index contributed by atoms with van der Waals surface area (Å²) in [5.74, 6) is -2.54. The average molecular weight is 275 g/mol. The molecule has 1 aromatic carbocycles. The number of hydrogen-bond acceptors (Lipinski definition) is 0. The second-order valence-corrected chi connectivity index (χ2v) is 3.12. The highest BCUT2D eigenvalue weighted by Crippen LogP contribution is 2.32. The fourth-order valence-corrected chi connectivity index (χ4v) is 1.34. The Labute approximate surface area is 84.9 Å². The Morgan fingerprint density at radius 3 is 2.07 bits per heavy atom. The molecule has 0 saturated carbocycles. The minimum Gasteiger partial charge on any atom is -0.207 e. The topological polar surface area (TPSA) is 0 Å². The molecule has 6 heteroatoms. The van der Waals surface area contributed by atoms with E-state index < -0.39 is 23.4 Å². The molecule has 0 heterocycles. The summed E-state index contributed by atoms with van der Waals surface area (Å²) >= 11 is 2.83. The lowest BCUT2D eigenvalue weighted by Crippen LogP contribution is -2.09. The standard InChI is InChI=1S/C8H4BrF5/c9-3-4-1-7(11)5(2-6(4)10)8(12,13)14/h1-2H,3H2. The molecule has 0 aromatic heterocycles. The van der Waals surface area contributed by atoms with Gasteiger partial charge < -0.3 is 0 Å². The van der Waals surface area contributed by atoms with Crippen molar-refractivity contribution in [3.05, 3.63) is 34.9 Å². The van der Waals surface area contributed by atoms with Gasteiger partial charge >= 0.3 is 6.18 Å². The third kappa shape index (κ3) is 2.23. The van der Waals surface area contributed by atoms with Crippen LogP contribution in [0, 0.1) is 11.6 Å². The Kier molecular flexibility index (Phi) is 3.14. The lowest BCUT2D eigenvalue weighted by molar-refractivity contribution is -0.140. The summed E-state index contributed by atoms with van der Waals surface area (Å²) in [6.45, 7) is 0. The molecular weight excluding hydrogens is 271 g/mol. The zero-order valence-corrected chi connectivity index (χ0v) is 8.22. The Balaban J connectivity index is 3.29. The molecule has 1 rings (SSSR count). The molecule has 1 aromatic rings. The van der Waals surface area contributed by atoms with E-state index >= 15 is 0 Å². The number of alkyl halides is 4. The van der Waals surface area contributed by atoms with Gasteiger partial charge in [0, 0.05) is 10.9 Å². The van der Waals surface area contributed by atoms with E-state index in [0.717, 1.165) is 0 Å². The molecule has 78 valence electrons. The van der Waals surface area contributed by atoms with Crippen LogP contribution in [0.1, 0.15) is 11.1 Å². The highest BCUT2D eigenvalue weighted by molar-refractivity contribution is 9.08. The average Bonchev–Trinajstić information content (AvgIpc) is 2.06. The fourth-order valence-electron chi connectivity index (χ4n) is 0.908. The van der Waals surface area contributed by atoms with Crippen LogP contribution in [0.4, 0.5) is 22.0 Å². The van der Waals surface area contributed by atoms with Crippen molar-refractivity contribution in [1.29, 1.82) is 0 Å². The van der Waals surface area contributed by atoms with Gasteiger partial charge in [0.15, 0.2) is 0 Å². The summed E-state index contributed by atoms with van der Waals surface area (Å²) in [5, 5.41) is -0.0338. The van der Waals surface area contributed by atoms with Crippen molar-refractivity contribution in [1.82, 2.24) is 0 Å². The Morgan fingerprint density at radius 2 is 1.64 bits per heavy atom. The fraction of sp³-hybridized carbons (Fsp3) is 0.250. The SMILES string of the molecule is Fc1cc(C(F)(F)F)c(F)cc1CBr. The van der Waals surface area contributed by atoms with Crippen LogP contribution in [0.5, 0.6) is 0 Å². The van der Waals surface area contributed by atoms with Gasteiger partial charge in [-0.05, 0) is 12.1 Å². The Morgan fingerprint density at radius 1 is 1.07 bits per heavy atom. The monoisotopic (exact) mass is 274 g/mol. The Bertz CT molecular complexity index is 344. The second kappa shape index (κ2) is 3.84. The molecule has 0 aliphatic carbocycles. The molecule has 0 nitrogen and oxygen atoms in total. The van der Waals surface area contributed by atoms with Gasteiger partial charge in [0.25, 0.3) is 0 Å². The number of benzene rings is 1. The predicted molar refractivity (Wildman–Crippen MR) is 44.0 cm³/mol. The molecular formula is C8H4BrF5. The smallest absolute Gasteiger partial charge is 0.207 e. The van der Waals surface area contributed by atoms with Crippen LogP contribution in [-0.2, 0) is 11.5 Å². The van der Waals surface area contributed by atoms with E-state index in [1.54, 1.807) is 0 Å². The van der Waals surface area contributed by atoms with Crippen LogP contribution < -0.4 is 0 Å². The zero-order valence-electron chi connectivity index (χ0n) is 6.63. The van der Waals surface area contributed by atoms with Crippen LogP contribution in [0.3, 0.4) is 0 Å². The van der Waals surface area contributed by atoms with Crippen molar-refractivity contribution in [3.8, 4) is 0 Å². The first-order chi connectivity index (χ1) is 6.36. The van der Waals surface area contributed by atoms with Crippen LogP contribution in [0.2, 0.25) is 0 Å². The third-order valence-corrected chi connectivity index (χ3v) is 2.19. The van der Waals surface area contributed by atoms with E-state index in [4.69, 9.17) is 0 Å². The van der Waals surface area contributed by atoms with Gasteiger partial charge in [0.05, 0.1) is 5.56 Å². The Hall–Kier alpha value is -0.650. The lowest BCUT2D eigenvalue weighted by atomic mass is 10.1. The summed E-state index contributed by atoms with van der Waals surface area (Å²) in [6.07, 6.45) is -4.87. The maximum absolute atomic E-state index is 12.9. The molecule has 0 aliphatic heterocycles. The molecule has 0 saturated heterocycles. The van der Waals surface area contributed by atoms with Crippen molar-refractivity contribution in [2.45, 2.75) is 11.5 Å². The molecule has 0 fully saturated rings. The van der Waals surface area contributed by atoms with E-state index in [1.807, 2.05) is 0 Å². The van der Waals surface area contributed by atoms with Crippen molar-refractivity contribution >= 4 is 15.9 Å². The molecule has 0 aliphatic rings. The highest BCUT2D eigenvalue weighted by Gasteiger charge is 2.34. The number of hydrogen-bond donors (Lipinski definition) is 0. The van der Waals surface area contributed by atoms with Crippen molar-refractivity contribution < 1.29 is 22.0 Å². The van der Waals surface area contributed by atoms with E-state index in [0.29, 0.717) is 6.07 Å². The van der Waals surface area contributed by atoms with Gasteiger partial charge in [-0.2, -0.15) is 13.2 Å². The van der Waals surface area contributed by atoms with E-state index in [-0.39, 0.29) is 17.0 Å². The van der Waals surface area contributed by atoms with Crippen LogP contribution in [0.25, 0.3) is 0 Å². The normalized spacial score (nSPS) is 11.9. The summed E-state index contributed by atoms with van der Waals surface area (Å²) in [6, 6.07) is 0.693. The second-order valence-electron chi connectivity index (χ2n) is 2.55. The third-order valence-electron chi connectivity index (χ3n) is 1.59. The molecule has 0 amide bonds. The van der Waals surface area contributed by atoms with Gasteiger partial charge in [0.1, 0.15) is 11.6 Å². The summed E-state index contributed by atoms with van der Waals surface area (Å²) in [5.41, 5.74) is -1.73. The molecule has 0 radical (unpaired) electrons. The van der Waals surface area contributed by atoms with Crippen molar-refractivity contribution in [3.63, 3.8) is 0 Å². The molecule has 0 N–H and O–H groups in total. The van der Waals surface area contributed by atoms with E-state index in [1.165, 1.54) is 0 Å². The maximum Gasteiger partial charge on any atom is 0.419 e. The van der Waals surface area contributed by atoms with Gasteiger partial charge in [-0.3, -0.25) is 0 Å². The first-order valence-corrected chi connectivity index (χ1v) is 4.59. The maximum atomic E-state index is 12.9. The minimum absolute atomic E-state index is 0.0338. The minimum atomic E-state index is -4.87. The van der Waals surface area contributed by atoms with Crippen LogP contribution >= 0.6 is 15.9 Å². The molecule has 14 heavy (non-hydrogen) atoms. The highest BCUT2D eigenvalue weighted by atomic mass is 79.9. The largest absolute Gasteiger partial charge is 0.419 e. The van der Waals surface area contributed by atoms with E-state index in [2.05, 4.69) is 15.9 Å². The summed E-state index contributed by atoms with van der Waals surface area (Å²) in [4.78, 5) is 0. The van der Waals surface area contributed by atoms with Crippen molar-refractivity contribution in [2.75, 3.05) is 0 Å². The summed E-state index contributed by atoms with van der Waals surface area (Å²) < 4.78 is 61.8. The van der Waals surface area contributed by atoms with Gasteiger partial charge in [0.2, 0.25) is 0 Å². The first-order valence-electron chi connectivity index (χ1n) is 3.47. The number of halogens is 6. The molecule has 0 unspecified atom stereocenters. The van der Waals surface area contributed by atoms with Gasteiger partial charge in [-0.25, -0.2) is 8.78 Å². The van der Waals surface area contributed by atoms with Crippen LogP contribution in [0.15, 0.2) is 12.1 Å². The van der Waals surface area contributed by atoms with E-state index in [9.17, 15) is 22.0 Å². The molecule has 0 bridgehead atoms. The molecule has 0 atom stereocenters. The molecule has 0 spiro atoms. The lowest BCUT2D eigenvalue weighted by Gasteiger charge is -2.09. The predicted octanol–water partition coefficient (Wildman–Crippen LogP) is 3.88. The first kappa shape index (κ1) is 11.4. The van der Waals surface area contributed by atoms with Gasteiger partial charge in [-0.1, -0.05) is 15.9 Å². The summed E-state index contributed by atoms with van der Waals surface area (Å²) in [7, 11) is 0. The zero-order chi connectivity index (χ0) is 10.9. The number of rotatable bonds is 1.